The smallest absolute Gasteiger partial charge is 0.312 e. The van der Waals surface area contributed by atoms with Crippen LogP contribution >= 0.6 is 0 Å². The lowest BCUT2D eigenvalue weighted by atomic mass is 9.33. The van der Waals surface area contributed by atoms with Crippen LogP contribution in [-0.2, 0) is 19.4 Å². The number of alkyl halides is 1. The molecular formula is C45H69FN2O5S. The summed E-state index contributed by atoms with van der Waals surface area (Å²) in [6.45, 7) is 20.0. The number of piperidine rings is 1. The highest BCUT2D eigenvalue weighted by atomic mass is 32.2. The Kier molecular flexibility index (Phi) is 10.1. The number of sulfone groups is 1. The van der Waals surface area contributed by atoms with E-state index in [1.165, 1.54) is 48.7 Å². The van der Waals surface area contributed by atoms with E-state index < -0.39 is 27.9 Å². The van der Waals surface area contributed by atoms with Crippen LogP contribution in [0.1, 0.15) is 131 Å². The fourth-order valence-corrected chi connectivity index (χ4v) is 16.1. The quantitative estimate of drug-likeness (QED) is 0.240. The fourth-order valence-electron chi connectivity index (χ4n) is 15.0. The first kappa shape index (κ1) is 40.2. The van der Waals surface area contributed by atoms with Gasteiger partial charge < -0.3 is 15.3 Å². The monoisotopic (exact) mass is 768 g/mol. The number of aliphatic carboxylic acids is 1. The molecule has 0 bridgehead atoms. The van der Waals surface area contributed by atoms with Crippen molar-refractivity contribution in [3.63, 3.8) is 0 Å². The minimum Gasteiger partial charge on any atom is -0.481 e. The van der Waals surface area contributed by atoms with Gasteiger partial charge in [-0.25, -0.2) is 12.8 Å². The number of carbonyl (C=O) groups is 2. The predicted molar refractivity (Wildman–Crippen MR) is 213 cm³/mol. The van der Waals surface area contributed by atoms with Gasteiger partial charge in [0.1, 0.15) is 16.5 Å². The topological polar surface area (TPSA) is 104 Å². The number of carboxylic acids is 1. The van der Waals surface area contributed by atoms with Crippen LogP contribution in [0.3, 0.4) is 0 Å². The third-order valence-electron chi connectivity index (χ3n) is 18.3. The van der Waals surface area contributed by atoms with Gasteiger partial charge in [0.2, 0.25) is 5.91 Å². The summed E-state index contributed by atoms with van der Waals surface area (Å²) < 4.78 is 38.3. The van der Waals surface area contributed by atoms with Crippen LogP contribution in [-0.4, -0.2) is 73.7 Å². The highest BCUT2D eigenvalue weighted by Crippen LogP contribution is 2.76. The number of halogens is 1. The molecule has 0 spiro atoms. The first-order valence-electron chi connectivity index (χ1n) is 21.3. The second kappa shape index (κ2) is 13.6. The molecule has 1 saturated heterocycles. The van der Waals surface area contributed by atoms with Crippen LogP contribution in [0.15, 0.2) is 35.5 Å². The van der Waals surface area contributed by atoms with E-state index in [0.29, 0.717) is 74.9 Å². The number of allylic oxidation sites excluding steroid dienone is 5. The van der Waals surface area contributed by atoms with Crippen LogP contribution in [0.4, 0.5) is 4.39 Å². The number of nitrogens with one attached hydrogen (secondary N) is 1. The van der Waals surface area contributed by atoms with Crippen LogP contribution in [0.25, 0.3) is 0 Å². The Morgan fingerprint density at radius 2 is 1.61 bits per heavy atom. The molecule has 2 N–H and O–H groups in total. The highest BCUT2D eigenvalue weighted by molar-refractivity contribution is 7.91. The molecular weight excluding hydrogens is 700 g/mol. The lowest BCUT2D eigenvalue weighted by Crippen LogP contribution is -2.68. The molecule has 54 heavy (non-hydrogen) atoms. The summed E-state index contributed by atoms with van der Waals surface area (Å²) in [6.07, 6.45) is 18.4. The molecule has 0 aromatic rings. The van der Waals surface area contributed by atoms with Crippen molar-refractivity contribution in [1.82, 2.24) is 10.2 Å². The van der Waals surface area contributed by atoms with Gasteiger partial charge in [-0.1, -0.05) is 58.9 Å². The summed E-state index contributed by atoms with van der Waals surface area (Å²) in [6, 6.07) is 0. The number of carboxylic acid groups (broad SMARTS) is 1. The molecule has 6 aliphatic carbocycles. The van der Waals surface area contributed by atoms with Crippen LogP contribution in [0.5, 0.6) is 0 Å². The van der Waals surface area contributed by atoms with Gasteiger partial charge in [0.15, 0.2) is 0 Å². The summed E-state index contributed by atoms with van der Waals surface area (Å²) in [5, 5.41) is 13.4. The molecule has 1 amide bonds. The molecule has 7 rings (SSSR count). The van der Waals surface area contributed by atoms with Crippen molar-refractivity contribution in [2.75, 3.05) is 32.6 Å². The molecule has 3 unspecified atom stereocenters. The number of hydrogen-bond donors (Lipinski definition) is 2. The van der Waals surface area contributed by atoms with E-state index in [-0.39, 0.29) is 44.8 Å². The van der Waals surface area contributed by atoms with E-state index >= 15 is 0 Å². The van der Waals surface area contributed by atoms with Gasteiger partial charge in [-0.2, -0.15) is 0 Å². The van der Waals surface area contributed by atoms with Gasteiger partial charge in [-0.15, -0.1) is 0 Å². The maximum Gasteiger partial charge on any atom is 0.312 e. The van der Waals surface area contributed by atoms with Crippen LogP contribution in [0, 0.1) is 56.7 Å². The maximum atomic E-state index is 14.0. The molecule has 1 heterocycles. The van der Waals surface area contributed by atoms with Gasteiger partial charge in [0.05, 0.1) is 17.2 Å². The van der Waals surface area contributed by atoms with Gasteiger partial charge >= 0.3 is 5.97 Å². The van der Waals surface area contributed by atoms with Crippen molar-refractivity contribution in [2.45, 2.75) is 142 Å². The third-order valence-corrected chi connectivity index (χ3v) is 20.0. The van der Waals surface area contributed by atoms with E-state index in [9.17, 15) is 27.5 Å². The first-order chi connectivity index (χ1) is 25.2. The average molecular weight is 769 g/mol. The summed E-state index contributed by atoms with van der Waals surface area (Å²) in [4.78, 5) is 27.5. The number of nitrogens with zero attached hydrogens (tertiary/aromatic N) is 1. The molecule has 0 radical (unpaired) electrons. The Balaban J connectivity index is 1.12. The Morgan fingerprint density at radius 1 is 0.907 bits per heavy atom. The number of rotatable bonds is 8. The van der Waals surface area contributed by atoms with Gasteiger partial charge in [-0.05, 0) is 159 Å². The molecule has 302 valence electrons. The number of amides is 1. The molecule has 7 aliphatic rings. The van der Waals surface area contributed by atoms with Crippen molar-refractivity contribution in [3.05, 3.63) is 35.5 Å². The second-order valence-electron chi connectivity index (χ2n) is 20.8. The van der Waals surface area contributed by atoms with Gasteiger partial charge in [0, 0.05) is 24.9 Å². The predicted octanol–water partition coefficient (Wildman–Crippen LogP) is 8.71. The van der Waals surface area contributed by atoms with Crippen molar-refractivity contribution in [2.24, 2.45) is 56.7 Å². The molecule has 0 aromatic carbocycles. The molecule has 4 saturated carbocycles. The molecule has 0 aromatic heterocycles. The lowest BCUT2D eigenvalue weighted by Gasteiger charge is -2.72. The Hall–Kier alpha value is -2.00. The van der Waals surface area contributed by atoms with E-state index in [1.54, 1.807) is 0 Å². The van der Waals surface area contributed by atoms with E-state index in [1.807, 2.05) is 4.90 Å². The number of hydrogen-bond acceptors (Lipinski definition) is 5. The zero-order chi connectivity index (χ0) is 39.3. The standard InChI is InChI=1S/C45H69FN2O5S/c1-29(2)32-13-22-45(47-27-37(49)48-25-16-31(17-26-48)54(8,52)53)24-23-42(6)34(38(32)45)9-10-36-41(5)18-14-33(40(3,4)35(41)15-19-43(36,42)7)30-11-20-44(28-46,21-12-30)39(50)51/h11,14,31-32,34-36,38,47H,1,9-10,12-13,15-28H2,2-8H3,(H,50,51)/t32-,34+,35?,36?,38?,41-,42+,43+,44-,45-/m0/s1. The Morgan fingerprint density at radius 3 is 2.20 bits per heavy atom. The Bertz CT molecular complexity index is 1730. The minimum absolute atomic E-state index is 0.0500. The van der Waals surface area contributed by atoms with E-state index in [2.05, 4.69) is 65.6 Å². The largest absolute Gasteiger partial charge is 0.481 e. The maximum absolute atomic E-state index is 14.0. The van der Waals surface area contributed by atoms with Crippen LogP contribution < -0.4 is 5.32 Å². The minimum atomic E-state index is -3.09. The van der Waals surface area contributed by atoms with Gasteiger partial charge in [0.25, 0.3) is 0 Å². The van der Waals surface area contributed by atoms with Crippen molar-refractivity contribution in [1.29, 1.82) is 0 Å². The van der Waals surface area contributed by atoms with Crippen molar-refractivity contribution in [3.8, 4) is 0 Å². The summed E-state index contributed by atoms with van der Waals surface area (Å²) in [5.41, 5.74) is 3.00. The normalized spacial score (nSPS) is 43.5. The molecule has 5 fully saturated rings. The van der Waals surface area contributed by atoms with Crippen LogP contribution in [0.2, 0.25) is 0 Å². The van der Waals surface area contributed by atoms with Crippen molar-refractivity contribution >= 4 is 21.7 Å². The van der Waals surface area contributed by atoms with Gasteiger partial charge in [-0.3, -0.25) is 9.59 Å². The Labute approximate surface area is 325 Å². The summed E-state index contributed by atoms with van der Waals surface area (Å²) in [7, 11) is -3.09. The number of fused-ring (bicyclic) bond motifs is 7. The molecule has 7 nitrogen and oxygen atoms in total. The molecule has 10 atom stereocenters. The lowest BCUT2D eigenvalue weighted by molar-refractivity contribution is -0.221. The fraction of sp³-hybridized carbons (Fsp3) is 0.822. The first-order valence-corrected chi connectivity index (χ1v) is 23.2. The van der Waals surface area contributed by atoms with E-state index in [0.717, 1.165) is 32.1 Å². The molecule has 9 heteroatoms. The SMILES string of the molecule is C=C(C)[C@@H]1CC[C@]2(NCC(=O)N3CCC(S(C)(=O)=O)CC3)CC[C@]3(C)[C@H](CCC4[C@@]5(C)CC=C(C6=CC[C@](CF)(C(=O)O)CC6)C(C)(C)C5CC[C@]43C)C12. The zero-order valence-corrected chi connectivity index (χ0v) is 35.2. The number of carbonyl (C=O) groups excluding carboxylic acids is 1. The zero-order valence-electron chi connectivity index (χ0n) is 34.4. The second-order valence-corrected chi connectivity index (χ2v) is 23.1. The highest BCUT2D eigenvalue weighted by Gasteiger charge is 2.70. The average Bonchev–Trinajstić information content (AvgIpc) is 3.51. The summed E-state index contributed by atoms with van der Waals surface area (Å²) in [5.74, 6) is 1.62. The van der Waals surface area contributed by atoms with Crippen molar-refractivity contribution < 1.29 is 27.5 Å². The number of likely N-dealkylation sites (tertiary alicyclic amines) is 1. The summed E-state index contributed by atoms with van der Waals surface area (Å²) >= 11 is 0. The van der Waals surface area contributed by atoms with E-state index in [4.69, 9.17) is 0 Å². The molecule has 1 aliphatic heterocycles. The third kappa shape index (κ3) is 5.95.